The van der Waals surface area contributed by atoms with Gasteiger partial charge in [-0.25, -0.2) is 0 Å². The van der Waals surface area contributed by atoms with Crippen LogP contribution in [0.4, 0.5) is 0 Å². The molecule has 0 aliphatic heterocycles. The molecule has 144 valence electrons. The fourth-order valence-electron chi connectivity index (χ4n) is 2.50. The van der Waals surface area contributed by atoms with Crippen LogP contribution in [0.5, 0.6) is 11.5 Å². The molecule has 0 saturated carbocycles. The van der Waals surface area contributed by atoms with Gasteiger partial charge in [-0.3, -0.25) is 9.54 Å². The second kappa shape index (κ2) is 9.03. The molecule has 0 aliphatic carbocycles. The maximum absolute atomic E-state index is 9.19. The van der Waals surface area contributed by atoms with Crippen molar-refractivity contribution < 1.29 is 22.4 Å². The number of pyridine rings is 1. The smallest absolute Gasteiger partial charge is 0.261 e. The average Bonchev–Trinajstić information content (AvgIpc) is 2.61. The van der Waals surface area contributed by atoms with Gasteiger partial charge in [-0.2, -0.15) is 8.42 Å². The molecule has 0 saturated heterocycles. The van der Waals surface area contributed by atoms with Crippen molar-refractivity contribution in [2.75, 3.05) is 20.5 Å². The number of hydrogen-bond donors (Lipinski definition) is 1. The summed E-state index contributed by atoms with van der Waals surface area (Å²) in [6.45, 7) is 0. The van der Waals surface area contributed by atoms with E-state index in [2.05, 4.69) is 4.98 Å². The zero-order valence-electron chi connectivity index (χ0n) is 15.1. The van der Waals surface area contributed by atoms with Crippen LogP contribution >= 0.6 is 11.6 Å². The lowest BCUT2D eigenvalue weighted by atomic mass is 10.0. The number of ether oxygens (including phenoxy) is 2. The lowest BCUT2D eigenvalue weighted by Crippen LogP contribution is -1.96. The Labute approximate surface area is 163 Å². The zero-order valence-corrected chi connectivity index (χ0v) is 16.7. The van der Waals surface area contributed by atoms with E-state index in [0.29, 0.717) is 12.0 Å². The van der Waals surface area contributed by atoms with Crippen molar-refractivity contribution in [2.24, 2.45) is 0 Å². The topological polar surface area (TPSA) is 85.7 Å². The summed E-state index contributed by atoms with van der Waals surface area (Å²) >= 11 is 5.94. The summed E-state index contributed by atoms with van der Waals surface area (Å²) in [5.41, 5.74) is 2.17. The Hall–Kier alpha value is -2.35. The Morgan fingerprint density at radius 3 is 2.15 bits per heavy atom. The summed E-state index contributed by atoms with van der Waals surface area (Å²) in [5, 5.41) is 2.88. The standard InChI is InChI=1S/C18H16ClNO2.CH4O3S/c1-21-17-10-13-7-8-20-16(15(13)11-18(17)22-2)9-12-3-5-14(19)6-4-12;1-5(2,3)4/h3-8,10-11H,9H2,1-2H3;1H3,(H,2,3,4). The number of methoxy groups -OCH3 is 2. The SMILES string of the molecule is COc1cc2ccnc(Cc3ccc(Cl)cc3)c2cc1OC.CS(=O)(=O)O. The van der Waals surface area contributed by atoms with Crippen molar-refractivity contribution >= 4 is 32.5 Å². The molecule has 3 aromatic rings. The van der Waals surface area contributed by atoms with E-state index in [1.165, 1.54) is 5.56 Å². The average molecular weight is 410 g/mol. The normalized spacial score (nSPS) is 10.9. The predicted octanol–water partition coefficient (Wildman–Crippen LogP) is 4.00. The summed E-state index contributed by atoms with van der Waals surface area (Å²) in [4.78, 5) is 4.53. The Balaban J connectivity index is 0.000000465. The van der Waals surface area contributed by atoms with E-state index in [1.807, 2.05) is 48.7 Å². The third-order valence-corrected chi connectivity index (χ3v) is 3.89. The minimum absolute atomic E-state index is 0.709. The minimum atomic E-state index is -3.67. The van der Waals surface area contributed by atoms with Crippen molar-refractivity contribution in [1.82, 2.24) is 4.98 Å². The summed E-state index contributed by atoms with van der Waals surface area (Å²) in [6, 6.07) is 13.8. The van der Waals surface area contributed by atoms with Crippen LogP contribution < -0.4 is 9.47 Å². The second-order valence-corrected chi connectivity index (χ2v) is 7.62. The molecule has 1 N–H and O–H groups in total. The number of halogens is 1. The van der Waals surface area contributed by atoms with Gasteiger partial charge in [0, 0.05) is 23.0 Å². The first-order valence-electron chi connectivity index (χ1n) is 7.87. The maximum Gasteiger partial charge on any atom is 0.261 e. The van der Waals surface area contributed by atoms with Gasteiger partial charge in [-0.15, -0.1) is 0 Å². The van der Waals surface area contributed by atoms with Gasteiger partial charge in [0.25, 0.3) is 10.1 Å². The van der Waals surface area contributed by atoms with Crippen molar-refractivity contribution in [3.05, 3.63) is 64.9 Å². The molecular formula is C19H20ClNO5S. The van der Waals surface area contributed by atoms with Gasteiger partial charge < -0.3 is 9.47 Å². The van der Waals surface area contributed by atoms with E-state index in [9.17, 15) is 8.42 Å². The molecule has 0 bridgehead atoms. The van der Waals surface area contributed by atoms with Crippen LogP contribution in [-0.4, -0.2) is 38.4 Å². The quantitative estimate of drug-likeness (QED) is 0.655. The predicted molar refractivity (Wildman–Crippen MR) is 107 cm³/mol. The van der Waals surface area contributed by atoms with Crippen LogP contribution in [0, 0.1) is 0 Å². The molecule has 3 rings (SSSR count). The molecule has 0 amide bonds. The molecule has 6 nitrogen and oxygen atoms in total. The molecule has 0 fully saturated rings. The minimum Gasteiger partial charge on any atom is -0.493 e. The van der Waals surface area contributed by atoms with Gasteiger partial charge in [-0.05, 0) is 41.3 Å². The molecule has 8 heteroatoms. The monoisotopic (exact) mass is 409 g/mol. The number of aromatic nitrogens is 1. The van der Waals surface area contributed by atoms with Gasteiger partial charge in [0.15, 0.2) is 11.5 Å². The molecule has 1 aromatic heterocycles. The van der Waals surface area contributed by atoms with Gasteiger partial charge >= 0.3 is 0 Å². The molecule has 0 unspecified atom stereocenters. The highest BCUT2D eigenvalue weighted by molar-refractivity contribution is 7.85. The van der Waals surface area contributed by atoms with E-state index in [-0.39, 0.29) is 0 Å². The van der Waals surface area contributed by atoms with E-state index < -0.39 is 10.1 Å². The highest BCUT2D eigenvalue weighted by Gasteiger charge is 2.10. The summed E-state index contributed by atoms with van der Waals surface area (Å²) < 4.78 is 36.6. The molecule has 0 aliphatic rings. The van der Waals surface area contributed by atoms with Gasteiger partial charge in [0.2, 0.25) is 0 Å². The second-order valence-electron chi connectivity index (χ2n) is 5.72. The van der Waals surface area contributed by atoms with Crippen LogP contribution in [0.25, 0.3) is 10.8 Å². The van der Waals surface area contributed by atoms with Gasteiger partial charge in [-0.1, -0.05) is 23.7 Å². The number of benzene rings is 2. The third-order valence-electron chi connectivity index (χ3n) is 3.64. The molecular weight excluding hydrogens is 390 g/mol. The molecule has 27 heavy (non-hydrogen) atoms. The van der Waals surface area contributed by atoms with Crippen molar-refractivity contribution in [2.45, 2.75) is 6.42 Å². The van der Waals surface area contributed by atoms with Crippen LogP contribution in [0.1, 0.15) is 11.3 Å². The first-order valence-corrected chi connectivity index (χ1v) is 10.1. The lowest BCUT2D eigenvalue weighted by Gasteiger charge is -2.11. The fraction of sp³-hybridized carbons (Fsp3) is 0.211. The fourth-order valence-corrected chi connectivity index (χ4v) is 2.62. The number of hydrogen-bond acceptors (Lipinski definition) is 5. The summed E-state index contributed by atoms with van der Waals surface area (Å²) in [6.07, 6.45) is 3.27. The number of nitrogens with zero attached hydrogens (tertiary/aromatic N) is 1. The first kappa shape index (κ1) is 21.0. The first-order chi connectivity index (χ1) is 12.7. The van der Waals surface area contributed by atoms with Gasteiger partial charge in [0.05, 0.1) is 26.2 Å². The van der Waals surface area contributed by atoms with Crippen LogP contribution in [0.2, 0.25) is 5.02 Å². The number of fused-ring (bicyclic) bond motifs is 1. The molecule has 0 radical (unpaired) electrons. The molecule has 0 atom stereocenters. The van der Waals surface area contributed by atoms with E-state index in [4.69, 9.17) is 25.6 Å². The van der Waals surface area contributed by atoms with Crippen molar-refractivity contribution in [1.29, 1.82) is 0 Å². The lowest BCUT2D eigenvalue weighted by molar-refractivity contribution is 0.356. The highest BCUT2D eigenvalue weighted by Crippen LogP contribution is 2.33. The highest BCUT2D eigenvalue weighted by atomic mass is 35.5. The maximum atomic E-state index is 9.19. The Morgan fingerprint density at radius 1 is 1.04 bits per heavy atom. The molecule has 2 aromatic carbocycles. The Morgan fingerprint density at radius 2 is 1.59 bits per heavy atom. The van der Waals surface area contributed by atoms with Crippen molar-refractivity contribution in [3.8, 4) is 11.5 Å². The summed E-state index contributed by atoms with van der Waals surface area (Å²) in [5.74, 6) is 1.43. The van der Waals surface area contributed by atoms with Crippen LogP contribution in [0.3, 0.4) is 0 Å². The largest absolute Gasteiger partial charge is 0.493 e. The Bertz CT molecular complexity index is 1010. The number of rotatable bonds is 4. The van der Waals surface area contributed by atoms with Crippen LogP contribution in [-0.2, 0) is 16.5 Å². The molecule has 1 heterocycles. The van der Waals surface area contributed by atoms with E-state index in [0.717, 1.165) is 33.7 Å². The Kier molecular flexibility index (Phi) is 7.01. The van der Waals surface area contributed by atoms with Crippen LogP contribution in [0.15, 0.2) is 48.7 Å². The van der Waals surface area contributed by atoms with Crippen molar-refractivity contribution in [3.63, 3.8) is 0 Å². The summed E-state index contributed by atoms with van der Waals surface area (Å²) in [7, 11) is -0.390. The van der Waals surface area contributed by atoms with Gasteiger partial charge in [0.1, 0.15) is 0 Å². The molecule has 0 spiro atoms. The van der Waals surface area contributed by atoms with E-state index >= 15 is 0 Å². The van der Waals surface area contributed by atoms with E-state index in [1.54, 1.807) is 14.2 Å². The zero-order chi connectivity index (χ0) is 20.0. The third kappa shape index (κ3) is 6.39.